The van der Waals surface area contributed by atoms with Crippen molar-refractivity contribution < 1.29 is 9.90 Å². The summed E-state index contributed by atoms with van der Waals surface area (Å²) in [4.78, 5) is 12.1. The molecule has 0 fully saturated rings. The Balaban J connectivity index is 2.16. The molecule has 0 spiro atoms. The minimum absolute atomic E-state index is 0.0434. The summed E-state index contributed by atoms with van der Waals surface area (Å²) in [5, 5.41) is 17.8. The van der Waals surface area contributed by atoms with Crippen molar-refractivity contribution in [1.29, 1.82) is 0 Å². The maximum absolute atomic E-state index is 12.1. The third kappa shape index (κ3) is 3.08. The number of carbonyl (C=O) groups excluding carboxylic acids is 1. The molecule has 1 unspecified atom stereocenters. The Morgan fingerprint density at radius 3 is 2.70 bits per heavy atom. The minimum atomic E-state index is -0.240. The normalized spacial score (nSPS) is 12.3. The fourth-order valence-corrected chi connectivity index (χ4v) is 2.22. The number of rotatable bonds is 5. The van der Waals surface area contributed by atoms with E-state index in [1.54, 1.807) is 6.07 Å². The van der Waals surface area contributed by atoms with Gasteiger partial charge in [0, 0.05) is 11.9 Å². The number of benzene rings is 2. The van der Waals surface area contributed by atoms with Crippen LogP contribution < -0.4 is 10.6 Å². The summed E-state index contributed by atoms with van der Waals surface area (Å²) in [5.74, 6) is 0.143. The lowest BCUT2D eigenvalue weighted by Crippen LogP contribution is -2.32. The van der Waals surface area contributed by atoms with Gasteiger partial charge in [0.2, 0.25) is 0 Å². The second kappa shape index (κ2) is 6.39. The Bertz CT molecular complexity index is 610. The number of phenols is 1. The molecule has 4 heteroatoms. The van der Waals surface area contributed by atoms with E-state index in [1.807, 2.05) is 37.4 Å². The number of phenolic OH excluding ortho intramolecular Hbond substituents is 1. The van der Waals surface area contributed by atoms with E-state index >= 15 is 0 Å². The molecule has 3 N–H and O–H groups in total. The Labute approximate surface area is 118 Å². The van der Waals surface area contributed by atoms with Crippen LogP contribution in [-0.4, -0.2) is 31.2 Å². The summed E-state index contributed by atoms with van der Waals surface area (Å²) in [7, 11) is 1.88. The quantitative estimate of drug-likeness (QED) is 0.781. The third-order valence-electron chi connectivity index (χ3n) is 3.31. The number of hydrogen-bond donors (Lipinski definition) is 3. The van der Waals surface area contributed by atoms with Gasteiger partial charge in [0.1, 0.15) is 5.75 Å². The highest BCUT2D eigenvalue weighted by molar-refractivity contribution is 6.03. The molecule has 0 aliphatic heterocycles. The van der Waals surface area contributed by atoms with Gasteiger partial charge in [-0.2, -0.15) is 0 Å². The van der Waals surface area contributed by atoms with Crippen LogP contribution in [0.25, 0.3) is 10.8 Å². The lowest BCUT2D eigenvalue weighted by molar-refractivity contribution is 0.0945. The molecule has 0 aromatic heterocycles. The molecule has 0 heterocycles. The van der Waals surface area contributed by atoms with Gasteiger partial charge < -0.3 is 15.7 Å². The molecule has 106 valence electrons. The van der Waals surface area contributed by atoms with Gasteiger partial charge in [0.15, 0.2) is 0 Å². The first kappa shape index (κ1) is 14.3. The largest absolute Gasteiger partial charge is 0.506 e. The zero-order valence-electron chi connectivity index (χ0n) is 11.8. The van der Waals surface area contributed by atoms with Gasteiger partial charge in [-0.15, -0.1) is 0 Å². The zero-order valence-corrected chi connectivity index (χ0v) is 11.8. The van der Waals surface area contributed by atoms with Crippen molar-refractivity contribution in [1.82, 2.24) is 10.6 Å². The molecule has 1 atom stereocenters. The lowest BCUT2D eigenvalue weighted by atomic mass is 10.0. The Kier molecular flexibility index (Phi) is 4.58. The average molecular weight is 272 g/mol. The number of amides is 1. The van der Waals surface area contributed by atoms with Crippen molar-refractivity contribution in [2.24, 2.45) is 5.92 Å². The molecule has 0 aliphatic carbocycles. The van der Waals surface area contributed by atoms with Crippen LogP contribution in [0.15, 0.2) is 36.4 Å². The van der Waals surface area contributed by atoms with E-state index in [0.29, 0.717) is 23.4 Å². The van der Waals surface area contributed by atoms with E-state index in [9.17, 15) is 9.90 Å². The van der Waals surface area contributed by atoms with Gasteiger partial charge in [-0.05, 0) is 31.0 Å². The second-order valence-corrected chi connectivity index (χ2v) is 5.06. The van der Waals surface area contributed by atoms with Gasteiger partial charge >= 0.3 is 0 Å². The van der Waals surface area contributed by atoms with Crippen LogP contribution in [0.2, 0.25) is 0 Å². The topological polar surface area (TPSA) is 61.4 Å². The number of carbonyl (C=O) groups is 1. The van der Waals surface area contributed by atoms with Crippen molar-refractivity contribution in [2.45, 2.75) is 6.92 Å². The Morgan fingerprint density at radius 2 is 1.95 bits per heavy atom. The molecular weight excluding hydrogens is 252 g/mol. The predicted molar refractivity (Wildman–Crippen MR) is 81.0 cm³/mol. The summed E-state index contributed by atoms with van der Waals surface area (Å²) in [6.45, 7) is 3.47. The summed E-state index contributed by atoms with van der Waals surface area (Å²) in [6.07, 6.45) is 0. The van der Waals surface area contributed by atoms with Gasteiger partial charge in [0.25, 0.3) is 5.91 Å². The first-order valence-corrected chi connectivity index (χ1v) is 6.77. The fraction of sp³-hybridized carbons (Fsp3) is 0.312. The summed E-state index contributed by atoms with van der Waals surface area (Å²) < 4.78 is 0. The Morgan fingerprint density at radius 1 is 1.20 bits per heavy atom. The molecule has 0 saturated carbocycles. The van der Waals surface area contributed by atoms with Crippen LogP contribution in [0.1, 0.15) is 17.3 Å². The molecule has 2 aromatic rings. The Hall–Kier alpha value is -2.07. The van der Waals surface area contributed by atoms with Crippen LogP contribution in [0, 0.1) is 5.92 Å². The van der Waals surface area contributed by atoms with E-state index in [0.717, 1.165) is 11.9 Å². The van der Waals surface area contributed by atoms with Crippen molar-refractivity contribution >= 4 is 16.7 Å². The van der Waals surface area contributed by atoms with E-state index in [-0.39, 0.29) is 11.7 Å². The number of aromatic hydroxyl groups is 1. The van der Waals surface area contributed by atoms with Gasteiger partial charge in [-0.3, -0.25) is 4.79 Å². The monoisotopic (exact) mass is 272 g/mol. The predicted octanol–water partition coefficient (Wildman–Crippen LogP) is 2.13. The fourth-order valence-electron chi connectivity index (χ4n) is 2.22. The van der Waals surface area contributed by atoms with Crippen LogP contribution in [-0.2, 0) is 0 Å². The molecule has 20 heavy (non-hydrogen) atoms. The van der Waals surface area contributed by atoms with Crippen molar-refractivity contribution in [3.63, 3.8) is 0 Å². The van der Waals surface area contributed by atoms with Crippen molar-refractivity contribution in [2.75, 3.05) is 20.1 Å². The smallest absolute Gasteiger partial charge is 0.255 e. The molecule has 0 bridgehead atoms. The highest BCUT2D eigenvalue weighted by Crippen LogP contribution is 2.28. The maximum Gasteiger partial charge on any atom is 0.255 e. The summed E-state index contributed by atoms with van der Waals surface area (Å²) in [5.41, 5.74) is 0.320. The molecule has 0 saturated heterocycles. The average Bonchev–Trinajstić information content (AvgIpc) is 2.46. The minimum Gasteiger partial charge on any atom is -0.506 e. The standard InChI is InChI=1S/C16H20N2O2/c1-11(9-17-2)10-18-16(20)14-8-7-12-5-3-4-6-13(12)15(14)19/h3-8,11,17,19H,9-10H2,1-2H3,(H,18,20). The number of nitrogens with one attached hydrogen (secondary N) is 2. The summed E-state index contributed by atoms with van der Waals surface area (Å²) >= 11 is 0. The third-order valence-corrected chi connectivity index (χ3v) is 3.31. The van der Waals surface area contributed by atoms with Crippen LogP contribution in [0.5, 0.6) is 5.75 Å². The molecule has 0 radical (unpaired) electrons. The molecule has 2 rings (SSSR count). The van der Waals surface area contributed by atoms with Crippen LogP contribution >= 0.6 is 0 Å². The van der Waals surface area contributed by atoms with Crippen LogP contribution in [0.4, 0.5) is 0 Å². The molecule has 1 amide bonds. The van der Waals surface area contributed by atoms with Gasteiger partial charge in [0.05, 0.1) is 5.56 Å². The van der Waals surface area contributed by atoms with Gasteiger partial charge in [-0.25, -0.2) is 0 Å². The molecule has 4 nitrogen and oxygen atoms in total. The van der Waals surface area contributed by atoms with Gasteiger partial charge in [-0.1, -0.05) is 37.3 Å². The van der Waals surface area contributed by atoms with Crippen LogP contribution in [0.3, 0.4) is 0 Å². The molecular formula is C16H20N2O2. The highest BCUT2D eigenvalue weighted by atomic mass is 16.3. The van der Waals surface area contributed by atoms with E-state index in [2.05, 4.69) is 17.6 Å². The van der Waals surface area contributed by atoms with Crippen molar-refractivity contribution in [3.8, 4) is 5.75 Å². The van der Waals surface area contributed by atoms with E-state index < -0.39 is 0 Å². The number of hydrogen-bond acceptors (Lipinski definition) is 3. The highest BCUT2D eigenvalue weighted by Gasteiger charge is 2.14. The molecule has 0 aliphatic rings. The molecule has 2 aromatic carbocycles. The maximum atomic E-state index is 12.1. The zero-order chi connectivity index (χ0) is 14.5. The second-order valence-electron chi connectivity index (χ2n) is 5.06. The number of fused-ring (bicyclic) bond motifs is 1. The summed E-state index contributed by atoms with van der Waals surface area (Å²) in [6, 6.07) is 11.0. The van der Waals surface area contributed by atoms with E-state index in [1.165, 1.54) is 0 Å². The van der Waals surface area contributed by atoms with E-state index in [4.69, 9.17) is 0 Å². The first-order chi connectivity index (χ1) is 9.63. The first-order valence-electron chi connectivity index (χ1n) is 6.77. The van der Waals surface area contributed by atoms with Crippen molar-refractivity contribution in [3.05, 3.63) is 42.0 Å². The SMILES string of the molecule is CNCC(C)CNC(=O)c1ccc2ccccc2c1O. The lowest BCUT2D eigenvalue weighted by Gasteiger charge is -2.13.